The Morgan fingerprint density at radius 1 is 1.16 bits per heavy atom. The molecule has 0 aliphatic heterocycles. The molecular weight excluding hydrogens is 302 g/mol. The number of ketones is 1. The van der Waals surface area contributed by atoms with E-state index >= 15 is 0 Å². The van der Waals surface area contributed by atoms with Crippen LogP contribution in [-0.4, -0.2) is 12.8 Å². The highest BCUT2D eigenvalue weighted by Crippen LogP contribution is 2.18. The van der Waals surface area contributed by atoms with E-state index in [1.165, 1.54) is 5.56 Å². The fourth-order valence-corrected chi connectivity index (χ4v) is 2.40. The van der Waals surface area contributed by atoms with Crippen LogP contribution in [0.1, 0.15) is 22.8 Å². The Morgan fingerprint density at radius 2 is 1.84 bits per heavy atom. The van der Waals surface area contributed by atoms with Gasteiger partial charge in [0.15, 0.2) is 5.78 Å². The molecular formula is C16H16BrNO. The number of hydrogen-bond donors (Lipinski definition) is 0. The van der Waals surface area contributed by atoms with Crippen LogP contribution >= 0.6 is 15.9 Å². The Balaban J connectivity index is 2.11. The predicted molar refractivity (Wildman–Crippen MR) is 82.7 cm³/mol. The first-order chi connectivity index (χ1) is 9.06. The molecule has 0 amide bonds. The fraction of sp³-hybridized carbons (Fsp3) is 0.188. The summed E-state index contributed by atoms with van der Waals surface area (Å²) < 4.78 is 1.09. The van der Waals surface area contributed by atoms with Crippen molar-refractivity contribution >= 4 is 27.4 Å². The van der Waals surface area contributed by atoms with E-state index in [1.54, 1.807) is 6.92 Å². The Kier molecular flexibility index (Phi) is 4.38. The third-order valence-electron chi connectivity index (χ3n) is 3.02. The minimum atomic E-state index is 0.0983. The number of benzene rings is 2. The first kappa shape index (κ1) is 13.8. The monoisotopic (exact) mass is 317 g/mol. The maximum Gasteiger partial charge on any atom is 0.159 e. The Bertz CT molecular complexity index is 578. The van der Waals surface area contributed by atoms with Gasteiger partial charge in [-0.1, -0.05) is 28.1 Å². The SMILES string of the molecule is CC(=O)c1ccc(N(C)Cc2cccc(Br)c2)cc1. The van der Waals surface area contributed by atoms with Crippen molar-refractivity contribution in [3.05, 3.63) is 64.1 Å². The number of hydrogen-bond acceptors (Lipinski definition) is 2. The summed E-state index contributed by atoms with van der Waals surface area (Å²) in [6.45, 7) is 2.42. The van der Waals surface area contributed by atoms with E-state index in [-0.39, 0.29) is 5.78 Å². The third kappa shape index (κ3) is 3.67. The zero-order valence-electron chi connectivity index (χ0n) is 11.1. The van der Waals surface area contributed by atoms with Crippen molar-refractivity contribution in [3.63, 3.8) is 0 Å². The largest absolute Gasteiger partial charge is 0.370 e. The maximum absolute atomic E-state index is 11.2. The fourth-order valence-electron chi connectivity index (χ4n) is 1.95. The first-order valence-corrected chi connectivity index (χ1v) is 6.92. The molecule has 0 N–H and O–H groups in total. The molecule has 0 atom stereocenters. The average Bonchev–Trinajstić information content (AvgIpc) is 2.39. The lowest BCUT2D eigenvalue weighted by molar-refractivity contribution is 0.101. The standard InChI is InChI=1S/C16H16BrNO/c1-12(19)14-6-8-16(9-7-14)18(2)11-13-4-3-5-15(17)10-13/h3-10H,11H2,1-2H3. The minimum Gasteiger partial charge on any atom is -0.370 e. The van der Waals surface area contributed by atoms with Gasteiger partial charge in [-0.25, -0.2) is 0 Å². The molecule has 98 valence electrons. The number of halogens is 1. The van der Waals surface area contributed by atoms with Gasteiger partial charge in [-0.2, -0.15) is 0 Å². The van der Waals surface area contributed by atoms with Crippen LogP contribution in [0, 0.1) is 0 Å². The molecule has 0 unspecified atom stereocenters. The Labute approximate surface area is 122 Å². The maximum atomic E-state index is 11.2. The summed E-state index contributed by atoms with van der Waals surface area (Å²) in [6, 6.07) is 16.0. The molecule has 2 rings (SSSR count). The molecule has 2 nitrogen and oxygen atoms in total. The van der Waals surface area contributed by atoms with Gasteiger partial charge in [-0.3, -0.25) is 4.79 Å². The molecule has 0 bridgehead atoms. The van der Waals surface area contributed by atoms with Crippen molar-refractivity contribution in [2.45, 2.75) is 13.5 Å². The molecule has 0 fully saturated rings. The van der Waals surface area contributed by atoms with Crippen LogP contribution in [0.15, 0.2) is 53.0 Å². The second-order valence-corrected chi connectivity index (χ2v) is 5.50. The zero-order chi connectivity index (χ0) is 13.8. The summed E-state index contributed by atoms with van der Waals surface area (Å²) in [4.78, 5) is 13.4. The van der Waals surface area contributed by atoms with Gasteiger partial charge >= 0.3 is 0 Å². The van der Waals surface area contributed by atoms with Crippen LogP contribution in [0.25, 0.3) is 0 Å². The molecule has 2 aromatic rings. The first-order valence-electron chi connectivity index (χ1n) is 6.13. The van der Waals surface area contributed by atoms with Gasteiger partial charge in [0, 0.05) is 29.3 Å². The Hall–Kier alpha value is -1.61. The van der Waals surface area contributed by atoms with Crippen molar-refractivity contribution < 1.29 is 4.79 Å². The highest BCUT2D eigenvalue weighted by Gasteiger charge is 2.04. The normalized spacial score (nSPS) is 10.3. The van der Waals surface area contributed by atoms with Crippen LogP contribution in [0.3, 0.4) is 0 Å². The molecule has 19 heavy (non-hydrogen) atoms. The van der Waals surface area contributed by atoms with Crippen LogP contribution in [-0.2, 0) is 6.54 Å². The van der Waals surface area contributed by atoms with E-state index in [0.29, 0.717) is 0 Å². The summed E-state index contributed by atoms with van der Waals surface area (Å²) in [6.07, 6.45) is 0. The van der Waals surface area contributed by atoms with Gasteiger partial charge in [0.05, 0.1) is 0 Å². The highest BCUT2D eigenvalue weighted by atomic mass is 79.9. The van der Waals surface area contributed by atoms with E-state index in [9.17, 15) is 4.79 Å². The molecule has 3 heteroatoms. The van der Waals surface area contributed by atoms with Gasteiger partial charge in [-0.15, -0.1) is 0 Å². The summed E-state index contributed by atoms with van der Waals surface area (Å²) in [5.41, 5.74) is 3.09. The van der Waals surface area contributed by atoms with Crippen molar-refractivity contribution in [2.24, 2.45) is 0 Å². The number of carbonyl (C=O) groups excluding carboxylic acids is 1. The molecule has 0 saturated heterocycles. The smallest absolute Gasteiger partial charge is 0.159 e. The van der Waals surface area contributed by atoms with Crippen molar-refractivity contribution in [1.29, 1.82) is 0 Å². The van der Waals surface area contributed by atoms with Crippen LogP contribution in [0.2, 0.25) is 0 Å². The molecule has 0 spiro atoms. The molecule has 0 aliphatic carbocycles. The van der Waals surface area contributed by atoms with Gasteiger partial charge in [-0.05, 0) is 48.9 Å². The van der Waals surface area contributed by atoms with Crippen molar-refractivity contribution in [2.75, 3.05) is 11.9 Å². The molecule has 0 heterocycles. The zero-order valence-corrected chi connectivity index (χ0v) is 12.6. The molecule has 0 aromatic heterocycles. The number of Topliss-reactive ketones (excluding diaryl/α,β-unsaturated/α-hetero) is 1. The summed E-state index contributed by atoms with van der Waals surface area (Å²) in [7, 11) is 2.05. The lowest BCUT2D eigenvalue weighted by Crippen LogP contribution is -2.16. The predicted octanol–water partition coefficient (Wildman–Crippen LogP) is 4.29. The topological polar surface area (TPSA) is 20.3 Å². The van der Waals surface area contributed by atoms with Crippen molar-refractivity contribution in [3.8, 4) is 0 Å². The van der Waals surface area contributed by atoms with Crippen LogP contribution in [0.4, 0.5) is 5.69 Å². The molecule has 0 saturated carbocycles. The van der Waals surface area contributed by atoms with E-state index in [1.807, 2.05) is 43.4 Å². The quantitative estimate of drug-likeness (QED) is 0.784. The molecule has 2 aromatic carbocycles. The second kappa shape index (κ2) is 6.02. The highest BCUT2D eigenvalue weighted by molar-refractivity contribution is 9.10. The lowest BCUT2D eigenvalue weighted by atomic mass is 10.1. The van der Waals surface area contributed by atoms with Crippen LogP contribution < -0.4 is 4.90 Å². The molecule has 0 aliphatic rings. The van der Waals surface area contributed by atoms with Crippen LogP contribution in [0.5, 0.6) is 0 Å². The minimum absolute atomic E-state index is 0.0983. The Morgan fingerprint density at radius 3 is 2.42 bits per heavy atom. The van der Waals surface area contributed by atoms with Gasteiger partial charge in [0.2, 0.25) is 0 Å². The number of nitrogens with zero attached hydrogens (tertiary/aromatic N) is 1. The van der Waals surface area contributed by atoms with E-state index < -0.39 is 0 Å². The van der Waals surface area contributed by atoms with Gasteiger partial charge in [0.25, 0.3) is 0 Å². The summed E-state index contributed by atoms with van der Waals surface area (Å²) >= 11 is 3.48. The average molecular weight is 318 g/mol. The third-order valence-corrected chi connectivity index (χ3v) is 3.52. The lowest BCUT2D eigenvalue weighted by Gasteiger charge is -2.19. The van der Waals surface area contributed by atoms with Gasteiger partial charge in [0.1, 0.15) is 0 Å². The molecule has 0 radical (unpaired) electrons. The van der Waals surface area contributed by atoms with Crippen molar-refractivity contribution in [1.82, 2.24) is 0 Å². The summed E-state index contributed by atoms with van der Waals surface area (Å²) in [5.74, 6) is 0.0983. The number of anilines is 1. The second-order valence-electron chi connectivity index (χ2n) is 4.59. The number of rotatable bonds is 4. The van der Waals surface area contributed by atoms with E-state index in [0.717, 1.165) is 22.3 Å². The summed E-state index contributed by atoms with van der Waals surface area (Å²) in [5, 5.41) is 0. The van der Waals surface area contributed by atoms with E-state index in [4.69, 9.17) is 0 Å². The van der Waals surface area contributed by atoms with E-state index in [2.05, 4.69) is 33.0 Å². The number of carbonyl (C=O) groups is 1. The van der Waals surface area contributed by atoms with Gasteiger partial charge < -0.3 is 4.90 Å².